The molecular weight excluding hydrogens is 284 g/mol. The topological polar surface area (TPSA) is 13.0 Å². The molecule has 4 aliphatic heterocycles. The predicted octanol–water partition coefficient (Wildman–Crippen LogP) is 1.71. The van der Waals surface area contributed by atoms with Gasteiger partial charge >= 0.3 is 0 Å². The normalized spacial score (nSPS) is 35.7. The second-order valence-corrected chi connectivity index (χ2v) is 10.4. The van der Waals surface area contributed by atoms with Crippen molar-refractivity contribution in [2.24, 2.45) is 0 Å². The second kappa shape index (κ2) is 5.17. The zero-order valence-corrected chi connectivity index (χ0v) is 16.0. The molecule has 4 fully saturated rings. The third-order valence-electron chi connectivity index (χ3n) is 6.89. The molecule has 0 N–H and O–H groups in total. The first-order chi connectivity index (χ1) is 10.6. The molecule has 4 heterocycles. The van der Waals surface area contributed by atoms with Crippen molar-refractivity contribution in [1.29, 1.82) is 0 Å². The molecule has 0 radical (unpaired) electrons. The van der Waals surface area contributed by atoms with Crippen LogP contribution in [0.25, 0.3) is 0 Å². The standard InChI is InChI=1S/C19H36N4/c1-18(2,3)20-8-16(9-20)22-12-15-7-14(22)13-23(15)17-10-21(11-17)19(4,5)6/h14-17H,7-13H2,1-6H3. The summed E-state index contributed by atoms with van der Waals surface area (Å²) in [4.78, 5) is 11.0. The van der Waals surface area contributed by atoms with E-state index in [-0.39, 0.29) is 0 Å². The lowest BCUT2D eigenvalue weighted by Crippen LogP contribution is -2.70. The van der Waals surface area contributed by atoms with E-state index >= 15 is 0 Å². The summed E-state index contributed by atoms with van der Waals surface area (Å²) >= 11 is 0. The highest BCUT2D eigenvalue weighted by molar-refractivity contribution is 5.09. The quantitative estimate of drug-likeness (QED) is 0.768. The maximum absolute atomic E-state index is 2.85. The van der Waals surface area contributed by atoms with Crippen LogP contribution in [0.2, 0.25) is 0 Å². The zero-order chi connectivity index (χ0) is 16.6. The molecule has 0 saturated carbocycles. The summed E-state index contributed by atoms with van der Waals surface area (Å²) in [5.41, 5.74) is 0.702. The van der Waals surface area contributed by atoms with Crippen LogP contribution in [-0.4, -0.2) is 94.1 Å². The first-order valence-electron chi connectivity index (χ1n) is 9.64. The Morgan fingerprint density at radius 1 is 0.522 bits per heavy atom. The van der Waals surface area contributed by atoms with Gasteiger partial charge in [0, 0.05) is 74.5 Å². The molecule has 0 amide bonds. The number of piperazine rings is 1. The van der Waals surface area contributed by atoms with Crippen molar-refractivity contribution < 1.29 is 0 Å². The van der Waals surface area contributed by atoms with Gasteiger partial charge in [-0.25, -0.2) is 0 Å². The van der Waals surface area contributed by atoms with Gasteiger partial charge in [-0.3, -0.25) is 19.6 Å². The Hall–Kier alpha value is -0.160. The van der Waals surface area contributed by atoms with E-state index in [1.807, 2.05) is 0 Å². The summed E-state index contributed by atoms with van der Waals surface area (Å²) in [7, 11) is 0. The summed E-state index contributed by atoms with van der Waals surface area (Å²) in [6.45, 7) is 21.9. The minimum Gasteiger partial charge on any atom is -0.295 e. The summed E-state index contributed by atoms with van der Waals surface area (Å²) in [6.07, 6.45) is 1.43. The van der Waals surface area contributed by atoms with Crippen molar-refractivity contribution in [3.8, 4) is 0 Å². The Kier molecular flexibility index (Phi) is 3.67. The van der Waals surface area contributed by atoms with Crippen molar-refractivity contribution in [3.63, 3.8) is 0 Å². The van der Waals surface area contributed by atoms with Crippen molar-refractivity contribution in [3.05, 3.63) is 0 Å². The Bertz CT molecular complexity index is 409. The van der Waals surface area contributed by atoms with Gasteiger partial charge in [-0.15, -0.1) is 0 Å². The van der Waals surface area contributed by atoms with Crippen LogP contribution < -0.4 is 0 Å². The molecule has 4 heteroatoms. The van der Waals surface area contributed by atoms with Gasteiger partial charge in [0.05, 0.1) is 0 Å². The van der Waals surface area contributed by atoms with Gasteiger partial charge in [-0.2, -0.15) is 0 Å². The van der Waals surface area contributed by atoms with E-state index in [1.165, 1.54) is 45.7 Å². The van der Waals surface area contributed by atoms with Crippen LogP contribution in [0.15, 0.2) is 0 Å². The number of likely N-dealkylation sites (tertiary alicyclic amines) is 4. The lowest BCUT2D eigenvalue weighted by molar-refractivity contribution is -0.0688. The van der Waals surface area contributed by atoms with E-state index in [0.717, 1.165) is 24.2 Å². The maximum Gasteiger partial charge on any atom is 0.0355 e. The fourth-order valence-electron chi connectivity index (χ4n) is 5.05. The van der Waals surface area contributed by atoms with Gasteiger partial charge in [0.15, 0.2) is 0 Å². The molecule has 0 aliphatic carbocycles. The van der Waals surface area contributed by atoms with Crippen LogP contribution in [0, 0.1) is 0 Å². The van der Waals surface area contributed by atoms with Crippen molar-refractivity contribution in [1.82, 2.24) is 19.6 Å². The number of nitrogens with zero attached hydrogens (tertiary/aromatic N) is 4. The molecule has 0 aromatic carbocycles. The molecule has 2 unspecified atom stereocenters. The summed E-state index contributed by atoms with van der Waals surface area (Å²) in [5.74, 6) is 0. The van der Waals surface area contributed by atoms with Crippen molar-refractivity contribution in [2.45, 2.75) is 83.2 Å². The number of fused-ring (bicyclic) bond motifs is 2. The number of rotatable bonds is 2. The molecule has 4 rings (SSSR count). The first-order valence-corrected chi connectivity index (χ1v) is 9.64. The van der Waals surface area contributed by atoms with Crippen LogP contribution in [0.4, 0.5) is 0 Å². The smallest absolute Gasteiger partial charge is 0.0355 e. The summed E-state index contributed by atoms with van der Waals surface area (Å²) in [5, 5.41) is 0. The van der Waals surface area contributed by atoms with E-state index in [4.69, 9.17) is 0 Å². The molecule has 0 spiro atoms. The van der Waals surface area contributed by atoms with Gasteiger partial charge in [0.1, 0.15) is 0 Å². The summed E-state index contributed by atoms with van der Waals surface area (Å²) in [6, 6.07) is 3.35. The van der Waals surface area contributed by atoms with Gasteiger partial charge in [0.25, 0.3) is 0 Å². The predicted molar refractivity (Wildman–Crippen MR) is 95.8 cm³/mol. The minimum absolute atomic E-state index is 0.351. The fraction of sp³-hybridized carbons (Fsp3) is 1.00. The molecule has 4 nitrogen and oxygen atoms in total. The second-order valence-electron chi connectivity index (χ2n) is 10.4. The van der Waals surface area contributed by atoms with Crippen LogP contribution in [0.1, 0.15) is 48.0 Å². The molecular formula is C19H36N4. The average molecular weight is 321 g/mol. The van der Waals surface area contributed by atoms with Crippen LogP contribution in [0.3, 0.4) is 0 Å². The fourth-order valence-corrected chi connectivity index (χ4v) is 5.05. The third-order valence-corrected chi connectivity index (χ3v) is 6.89. The Morgan fingerprint density at radius 3 is 1.13 bits per heavy atom. The molecule has 132 valence electrons. The highest BCUT2D eigenvalue weighted by Gasteiger charge is 2.52. The van der Waals surface area contributed by atoms with Crippen molar-refractivity contribution >= 4 is 0 Å². The monoisotopic (exact) mass is 320 g/mol. The zero-order valence-electron chi connectivity index (χ0n) is 16.0. The van der Waals surface area contributed by atoms with E-state index in [9.17, 15) is 0 Å². The molecule has 0 aromatic rings. The van der Waals surface area contributed by atoms with Gasteiger partial charge < -0.3 is 0 Å². The van der Waals surface area contributed by atoms with E-state index in [1.54, 1.807) is 0 Å². The Balaban J connectivity index is 1.27. The lowest BCUT2D eigenvalue weighted by atomic mass is 9.95. The van der Waals surface area contributed by atoms with Gasteiger partial charge in [-0.05, 0) is 48.0 Å². The molecule has 23 heavy (non-hydrogen) atoms. The van der Waals surface area contributed by atoms with Crippen LogP contribution >= 0.6 is 0 Å². The van der Waals surface area contributed by atoms with E-state index in [0.29, 0.717) is 11.1 Å². The summed E-state index contributed by atoms with van der Waals surface area (Å²) < 4.78 is 0. The first kappa shape index (κ1) is 16.3. The van der Waals surface area contributed by atoms with E-state index in [2.05, 4.69) is 61.1 Å². The molecule has 2 bridgehead atoms. The van der Waals surface area contributed by atoms with Gasteiger partial charge in [-0.1, -0.05) is 0 Å². The SMILES string of the molecule is CC(C)(C)N1CC(N2CC3CC2CN3C2CN(C(C)(C)C)C2)C1. The lowest BCUT2D eigenvalue weighted by Gasteiger charge is -2.55. The number of hydrogen-bond acceptors (Lipinski definition) is 4. The molecule has 4 saturated heterocycles. The molecule has 4 aliphatic rings. The molecule has 0 aromatic heterocycles. The number of hydrogen-bond donors (Lipinski definition) is 0. The largest absolute Gasteiger partial charge is 0.295 e. The highest BCUT2D eigenvalue weighted by atomic mass is 15.4. The highest BCUT2D eigenvalue weighted by Crippen LogP contribution is 2.38. The van der Waals surface area contributed by atoms with Gasteiger partial charge in [0.2, 0.25) is 0 Å². The maximum atomic E-state index is 2.85. The Labute approximate surface area is 142 Å². The molecule has 2 atom stereocenters. The van der Waals surface area contributed by atoms with Crippen LogP contribution in [-0.2, 0) is 0 Å². The Morgan fingerprint density at radius 2 is 0.870 bits per heavy atom. The average Bonchev–Trinajstić information content (AvgIpc) is 2.80. The van der Waals surface area contributed by atoms with Crippen LogP contribution in [0.5, 0.6) is 0 Å². The minimum atomic E-state index is 0.351. The van der Waals surface area contributed by atoms with Crippen molar-refractivity contribution in [2.75, 3.05) is 39.3 Å². The van der Waals surface area contributed by atoms with E-state index < -0.39 is 0 Å². The third kappa shape index (κ3) is 2.76.